The Kier molecular flexibility index (Phi) is 4.41. The standard InChI is InChI=1S/C14H17FN2O2S/c1-2-7-17(10-11-3-4-11)20(18,19)13-5-6-14(15)12(8-13)9-16/h5-6,8,11H,2-4,7,10H2,1H3. The fraction of sp³-hybridized carbons (Fsp3) is 0.500. The summed E-state index contributed by atoms with van der Waals surface area (Å²) in [6.07, 6.45) is 2.84. The molecule has 1 aliphatic carbocycles. The van der Waals surface area contributed by atoms with Crippen LogP contribution in [-0.4, -0.2) is 25.8 Å². The normalized spacial score (nSPS) is 15.3. The van der Waals surface area contributed by atoms with Crippen molar-refractivity contribution in [2.24, 2.45) is 5.92 Å². The van der Waals surface area contributed by atoms with Crippen molar-refractivity contribution in [3.8, 4) is 6.07 Å². The van der Waals surface area contributed by atoms with Crippen LogP contribution in [0.2, 0.25) is 0 Å². The molecule has 4 nitrogen and oxygen atoms in total. The maximum Gasteiger partial charge on any atom is 0.243 e. The highest BCUT2D eigenvalue weighted by Gasteiger charge is 2.31. The summed E-state index contributed by atoms with van der Waals surface area (Å²) in [7, 11) is -3.65. The molecule has 0 aromatic heterocycles. The average Bonchev–Trinajstić information content (AvgIpc) is 3.22. The minimum Gasteiger partial charge on any atom is -0.207 e. The van der Waals surface area contributed by atoms with Gasteiger partial charge in [0.1, 0.15) is 11.9 Å². The van der Waals surface area contributed by atoms with E-state index in [9.17, 15) is 12.8 Å². The molecule has 1 aliphatic rings. The van der Waals surface area contributed by atoms with Crippen LogP contribution < -0.4 is 0 Å². The Labute approximate surface area is 118 Å². The molecule has 6 heteroatoms. The van der Waals surface area contributed by atoms with Crippen molar-refractivity contribution in [1.82, 2.24) is 4.31 Å². The van der Waals surface area contributed by atoms with Crippen LogP contribution in [0.5, 0.6) is 0 Å². The highest BCUT2D eigenvalue weighted by atomic mass is 32.2. The van der Waals surface area contributed by atoms with E-state index in [0.717, 1.165) is 31.4 Å². The molecule has 108 valence electrons. The number of rotatable bonds is 6. The molecule has 20 heavy (non-hydrogen) atoms. The van der Waals surface area contributed by atoms with Crippen LogP contribution in [0.1, 0.15) is 31.7 Å². The van der Waals surface area contributed by atoms with Gasteiger partial charge in [-0.2, -0.15) is 9.57 Å². The largest absolute Gasteiger partial charge is 0.243 e. The third kappa shape index (κ3) is 3.17. The molecular weight excluding hydrogens is 279 g/mol. The van der Waals surface area contributed by atoms with Gasteiger partial charge in [0.15, 0.2) is 0 Å². The summed E-state index contributed by atoms with van der Waals surface area (Å²) in [6.45, 7) is 2.87. The smallest absolute Gasteiger partial charge is 0.207 e. The van der Waals surface area contributed by atoms with Crippen molar-refractivity contribution >= 4 is 10.0 Å². The summed E-state index contributed by atoms with van der Waals surface area (Å²) in [6, 6.07) is 5.04. The molecule has 0 amide bonds. The van der Waals surface area contributed by atoms with E-state index in [0.29, 0.717) is 19.0 Å². The molecule has 0 bridgehead atoms. The Morgan fingerprint density at radius 2 is 2.15 bits per heavy atom. The van der Waals surface area contributed by atoms with Gasteiger partial charge in [0.25, 0.3) is 0 Å². The third-order valence-electron chi connectivity index (χ3n) is 3.33. The minimum absolute atomic E-state index is 0.00968. The summed E-state index contributed by atoms with van der Waals surface area (Å²) in [5.74, 6) is -0.261. The predicted octanol–water partition coefficient (Wildman–Crippen LogP) is 2.51. The molecule has 1 aromatic carbocycles. The first-order chi connectivity index (χ1) is 9.48. The average molecular weight is 296 g/mol. The van der Waals surface area contributed by atoms with Gasteiger partial charge in [0, 0.05) is 13.1 Å². The number of nitriles is 1. The van der Waals surface area contributed by atoms with Crippen molar-refractivity contribution < 1.29 is 12.8 Å². The van der Waals surface area contributed by atoms with Gasteiger partial charge in [-0.25, -0.2) is 12.8 Å². The molecule has 0 radical (unpaired) electrons. The number of benzene rings is 1. The molecule has 0 heterocycles. The van der Waals surface area contributed by atoms with Gasteiger partial charge in [-0.1, -0.05) is 6.92 Å². The van der Waals surface area contributed by atoms with E-state index >= 15 is 0 Å². The highest BCUT2D eigenvalue weighted by molar-refractivity contribution is 7.89. The van der Waals surface area contributed by atoms with E-state index in [1.807, 2.05) is 6.92 Å². The first-order valence-electron chi connectivity index (χ1n) is 6.68. The number of nitrogens with zero attached hydrogens (tertiary/aromatic N) is 2. The van der Waals surface area contributed by atoms with Crippen molar-refractivity contribution in [1.29, 1.82) is 5.26 Å². The molecule has 0 saturated heterocycles. The molecule has 1 saturated carbocycles. The Hall–Kier alpha value is -1.45. The molecule has 1 aromatic rings. The molecule has 0 atom stereocenters. The van der Waals surface area contributed by atoms with Gasteiger partial charge >= 0.3 is 0 Å². The zero-order chi connectivity index (χ0) is 14.8. The first-order valence-corrected chi connectivity index (χ1v) is 8.13. The zero-order valence-corrected chi connectivity index (χ0v) is 12.2. The molecule has 0 aliphatic heterocycles. The summed E-state index contributed by atoms with van der Waals surface area (Å²) < 4.78 is 39.9. The predicted molar refractivity (Wildman–Crippen MR) is 72.9 cm³/mol. The van der Waals surface area contributed by atoms with Crippen LogP contribution in [0.15, 0.2) is 23.1 Å². The zero-order valence-electron chi connectivity index (χ0n) is 11.3. The SMILES string of the molecule is CCCN(CC1CC1)S(=O)(=O)c1ccc(F)c(C#N)c1. The Balaban J connectivity index is 2.33. The summed E-state index contributed by atoms with van der Waals surface area (Å²) in [5.41, 5.74) is -0.242. The Morgan fingerprint density at radius 3 is 2.70 bits per heavy atom. The maximum atomic E-state index is 13.3. The summed E-state index contributed by atoms with van der Waals surface area (Å²) >= 11 is 0. The van der Waals surface area contributed by atoms with Crippen LogP contribution in [0, 0.1) is 23.1 Å². The van der Waals surface area contributed by atoms with Crippen LogP contribution in [-0.2, 0) is 10.0 Å². The summed E-state index contributed by atoms with van der Waals surface area (Å²) in [5, 5.41) is 8.81. The lowest BCUT2D eigenvalue weighted by Gasteiger charge is -2.21. The third-order valence-corrected chi connectivity index (χ3v) is 5.19. The van der Waals surface area contributed by atoms with Gasteiger partial charge in [0.05, 0.1) is 10.5 Å². The molecule has 0 N–H and O–H groups in total. The highest BCUT2D eigenvalue weighted by Crippen LogP contribution is 2.31. The van der Waals surface area contributed by atoms with Gasteiger partial charge in [-0.15, -0.1) is 0 Å². The number of sulfonamides is 1. The fourth-order valence-corrected chi connectivity index (χ4v) is 3.68. The van der Waals surface area contributed by atoms with Crippen molar-refractivity contribution in [3.05, 3.63) is 29.6 Å². The second-order valence-corrected chi connectivity index (χ2v) is 7.00. The molecular formula is C14H17FN2O2S. The molecule has 1 fully saturated rings. The lowest BCUT2D eigenvalue weighted by Crippen LogP contribution is -2.33. The van der Waals surface area contributed by atoms with Gasteiger partial charge in [0.2, 0.25) is 10.0 Å². The van der Waals surface area contributed by atoms with E-state index in [2.05, 4.69) is 0 Å². The van der Waals surface area contributed by atoms with E-state index in [1.54, 1.807) is 6.07 Å². The quantitative estimate of drug-likeness (QED) is 0.810. The topological polar surface area (TPSA) is 61.2 Å². The van der Waals surface area contributed by atoms with E-state index in [4.69, 9.17) is 5.26 Å². The van der Waals surface area contributed by atoms with E-state index < -0.39 is 15.8 Å². The van der Waals surface area contributed by atoms with Crippen molar-refractivity contribution in [3.63, 3.8) is 0 Å². The Morgan fingerprint density at radius 1 is 1.45 bits per heavy atom. The van der Waals surface area contributed by atoms with E-state index in [-0.39, 0.29) is 10.5 Å². The molecule has 0 unspecified atom stereocenters. The second kappa shape index (κ2) is 5.90. The fourth-order valence-electron chi connectivity index (χ4n) is 2.05. The van der Waals surface area contributed by atoms with E-state index in [1.165, 1.54) is 10.4 Å². The summed E-state index contributed by atoms with van der Waals surface area (Å²) in [4.78, 5) is -0.00968. The Bertz CT molecular complexity index is 633. The van der Waals surface area contributed by atoms with Crippen LogP contribution in [0.4, 0.5) is 4.39 Å². The first kappa shape index (κ1) is 14.9. The van der Waals surface area contributed by atoms with Crippen molar-refractivity contribution in [2.75, 3.05) is 13.1 Å². The van der Waals surface area contributed by atoms with Crippen LogP contribution >= 0.6 is 0 Å². The van der Waals surface area contributed by atoms with Crippen LogP contribution in [0.25, 0.3) is 0 Å². The van der Waals surface area contributed by atoms with Gasteiger partial charge < -0.3 is 0 Å². The number of hydrogen-bond donors (Lipinski definition) is 0. The van der Waals surface area contributed by atoms with Gasteiger partial charge in [-0.05, 0) is 43.4 Å². The van der Waals surface area contributed by atoms with Gasteiger partial charge in [-0.3, -0.25) is 0 Å². The minimum atomic E-state index is -3.65. The maximum absolute atomic E-state index is 13.3. The molecule has 0 spiro atoms. The number of halogens is 1. The lowest BCUT2D eigenvalue weighted by atomic mass is 10.2. The van der Waals surface area contributed by atoms with Crippen LogP contribution in [0.3, 0.4) is 0 Å². The lowest BCUT2D eigenvalue weighted by molar-refractivity contribution is 0.395. The monoisotopic (exact) mass is 296 g/mol. The van der Waals surface area contributed by atoms with Crippen molar-refractivity contribution in [2.45, 2.75) is 31.1 Å². The number of hydrogen-bond acceptors (Lipinski definition) is 3. The molecule has 2 rings (SSSR count). The second-order valence-electron chi connectivity index (χ2n) is 5.06.